The molecule has 2 rings (SSSR count). The van der Waals surface area contributed by atoms with Crippen molar-refractivity contribution < 1.29 is 33.0 Å². The maximum Gasteiger partial charge on any atom is 0.459 e. The Morgan fingerprint density at radius 2 is 2.06 bits per heavy atom. The van der Waals surface area contributed by atoms with E-state index in [0.717, 1.165) is 5.57 Å². The summed E-state index contributed by atoms with van der Waals surface area (Å²) in [5.74, 6) is -0.307. The van der Waals surface area contributed by atoms with Gasteiger partial charge in [0.25, 0.3) is 0 Å². The first-order valence-corrected chi connectivity index (χ1v) is 11.7. The molecule has 1 fully saturated rings. The van der Waals surface area contributed by atoms with Crippen LogP contribution in [0.25, 0.3) is 0 Å². The number of ether oxygens (including phenoxy) is 2. The van der Waals surface area contributed by atoms with Crippen LogP contribution in [0, 0.1) is 0 Å². The standard InChI is InChI=1S/C22H32NO7P/c1-5-6-10-17(2)15-28-21(25)22(3,4)23-31(26,30-18-11-8-7-9-12-18)29-16-20-19(24)13-14-27-20/h5-12,19-20,24H,13-16H2,1-4H3,(H,23,26)/b6-5-,17-10+/t19-,20?,31?/m1/s1. The summed E-state index contributed by atoms with van der Waals surface area (Å²) < 4.78 is 35.5. The Bertz CT molecular complexity index is 822. The van der Waals surface area contributed by atoms with Crippen LogP contribution in [-0.4, -0.2) is 48.6 Å². The molecule has 0 aliphatic carbocycles. The lowest BCUT2D eigenvalue weighted by Crippen LogP contribution is -2.47. The van der Waals surface area contributed by atoms with Gasteiger partial charge in [-0.3, -0.25) is 9.32 Å². The van der Waals surface area contributed by atoms with Crippen molar-refractivity contribution in [2.45, 2.75) is 51.9 Å². The number of esters is 1. The molecule has 1 saturated heterocycles. The molecule has 9 heteroatoms. The molecule has 0 radical (unpaired) electrons. The third kappa shape index (κ3) is 8.24. The molecule has 8 nitrogen and oxygen atoms in total. The minimum absolute atomic E-state index is 0.0983. The van der Waals surface area contributed by atoms with Crippen molar-refractivity contribution >= 4 is 13.7 Å². The van der Waals surface area contributed by atoms with Crippen molar-refractivity contribution in [2.24, 2.45) is 0 Å². The first kappa shape index (κ1) is 25.3. The van der Waals surface area contributed by atoms with Crippen LogP contribution in [0.2, 0.25) is 0 Å². The summed E-state index contributed by atoms with van der Waals surface area (Å²) in [4.78, 5) is 12.7. The number of carbonyl (C=O) groups is 1. The van der Waals surface area contributed by atoms with Gasteiger partial charge in [-0.25, -0.2) is 4.57 Å². The minimum Gasteiger partial charge on any atom is -0.460 e. The fourth-order valence-corrected chi connectivity index (χ4v) is 4.41. The number of hydrogen-bond donors (Lipinski definition) is 2. The van der Waals surface area contributed by atoms with Crippen LogP contribution in [0.4, 0.5) is 0 Å². The molecule has 1 heterocycles. The van der Waals surface area contributed by atoms with E-state index < -0.39 is 31.5 Å². The third-order valence-corrected chi connectivity index (χ3v) is 6.26. The van der Waals surface area contributed by atoms with E-state index in [1.807, 2.05) is 32.1 Å². The highest BCUT2D eigenvalue weighted by molar-refractivity contribution is 7.52. The van der Waals surface area contributed by atoms with Crippen molar-refractivity contribution in [3.8, 4) is 5.75 Å². The van der Waals surface area contributed by atoms with Gasteiger partial charge in [0.2, 0.25) is 0 Å². The summed E-state index contributed by atoms with van der Waals surface area (Å²) in [6, 6.07) is 8.49. The molecular weight excluding hydrogens is 421 g/mol. The van der Waals surface area contributed by atoms with Crippen LogP contribution >= 0.6 is 7.75 Å². The molecule has 1 aromatic carbocycles. The molecule has 0 spiro atoms. The van der Waals surface area contributed by atoms with Gasteiger partial charge in [-0.15, -0.1) is 0 Å². The SMILES string of the molecule is C/C=C\C=C(/C)COC(=O)C(C)(C)NP(=O)(OCC1OCC[C@H]1O)Oc1ccccc1. The Kier molecular flexibility index (Phi) is 9.47. The first-order chi connectivity index (χ1) is 14.6. The Labute approximate surface area is 183 Å². The van der Waals surface area contributed by atoms with E-state index in [0.29, 0.717) is 18.8 Å². The van der Waals surface area contributed by atoms with Crippen molar-refractivity contribution in [2.75, 3.05) is 19.8 Å². The van der Waals surface area contributed by atoms with Gasteiger partial charge < -0.3 is 19.1 Å². The molecular formula is C22H32NO7P. The van der Waals surface area contributed by atoms with Gasteiger partial charge in [-0.2, -0.15) is 5.09 Å². The van der Waals surface area contributed by atoms with Gasteiger partial charge in [0.05, 0.1) is 12.7 Å². The Morgan fingerprint density at radius 1 is 1.35 bits per heavy atom. The number of aliphatic hydroxyl groups is 1. The molecule has 1 aliphatic rings. The van der Waals surface area contributed by atoms with Crippen LogP contribution in [0.15, 0.2) is 54.1 Å². The molecule has 0 amide bonds. The first-order valence-electron chi connectivity index (χ1n) is 10.2. The number of hydrogen-bond acceptors (Lipinski definition) is 7. The molecule has 3 atom stereocenters. The van der Waals surface area contributed by atoms with Crippen LogP contribution < -0.4 is 9.61 Å². The average Bonchev–Trinajstić information content (AvgIpc) is 3.14. The summed E-state index contributed by atoms with van der Waals surface area (Å²) in [5.41, 5.74) is -0.519. The predicted octanol–water partition coefficient (Wildman–Crippen LogP) is 3.77. The zero-order chi connectivity index (χ0) is 22.9. The quantitative estimate of drug-likeness (QED) is 0.297. The van der Waals surface area contributed by atoms with Gasteiger partial charge in [-0.1, -0.05) is 36.4 Å². The van der Waals surface area contributed by atoms with Crippen LogP contribution in [0.5, 0.6) is 5.75 Å². The zero-order valence-corrected chi connectivity index (χ0v) is 19.3. The number of nitrogens with one attached hydrogen (secondary N) is 1. The number of para-hydroxylation sites is 1. The molecule has 2 unspecified atom stereocenters. The lowest BCUT2D eigenvalue weighted by Gasteiger charge is -2.30. The maximum absolute atomic E-state index is 13.5. The molecule has 1 aromatic rings. The fraction of sp³-hybridized carbons (Fsp3) is 0.500. The Balaban J connectivity index is 2.10. The van der Waals surface area contributed by atoms with Crippen molar-refractivity contribution in [3.05, 3.63) is 54.1 Å². The van der Waals surface area contributed by atoms with Crippen molar-refractivity contribution in [1.82, 2.24) is 5.09 Å². The number of carbonyl (C=O) groups excluding carboxylic acids is 1. The highest BCUT2D eigenvalue weighted by Gasteiger charge is 2.41. The van der Waals surface area contributed by atoms with E-state index in [1.165, 1.54) is 13.8 Å². The minimum atomic E-state index is -4.03. The number of allylic oxidation sites excluding steroid dienone is 3. The molecule has 2 N–H and O–H groups in total. The second-order valence-electron chi connectivity index (χ2n) is 7.81. The monoisotopic (exact) mass is 453 g/mol. The van der Waals surface area contributed by atoms with E-state index >= 15 is 0 Å². The number of rotatable bonds is 11. The molecule has 0 bridgehead atoms. The summed E-state index contributed by atoms with van der Waals surface area (Å²) in [6.45, 7) is 7.13. The van der Waals surface area contributed by atoms with E-state index in [9.17, 15) is 14.5 Å². The highest BCUT2D eigenvalue weighted by atomic mass is 31.2. The third-order valence-electron chi connectivity index (χ3n) is 4.48. The normalized spacial score (nSPS) is 21.8. The predicted molar refractivity (Wildman–Crippen MR) is 118 cm³/mol. The topological polar surface area (TPSA) is 103 Å². The van der Waals surface area contributed by atoms with Gasteiger partial charge >= 0.3 is 13.7 Å². The van der Waals surface area contributed by atoms with E-state index in [2.05, 4.69) is 5.09 Å². The maximum atomic E-state index is 13.5. The summed E-state index contributed by atoms with van der Waals surface area (Å²) in [6.07, 6.45) is 4.70. The van der Waals surface area contributed by atoms with Gasteiger partial charge in [-0.05, 0) is 51.8 Å². The summed E-state index contributed by atoms with van der Waals surface area (Å²) in [5, 5.41) is 12.6. The van der Waals surface area contributed by atoms with Crippen LogP contribution in [0.1, 0.15) is 34.1 Å². The van der Waals surface area contributed by atoms with Gasteiger partial charge in [0.1, 0.15) is 24.0 Å². The summed E-state index contributed by atoms with van der Waals surface area (Å²) in [7, 11) is -4.03. The molecule has 31 heavy (non-hydrogen) atoms. The lowest BCUT2D eigenvalue weighted by molar-refractivity contribution is -0.148. The van der Waals surface area contributed by atoms with E-state index in [4.69, 9.17) is 18.5 Å². The smallest absolute Gasteiger partial charge is 0.459 e. The van der Waals surface area contributed by atoms with Crippen molar-refractivity contribution in [3.63, 3.8) is 0 Å². The second kappa shape index (κ2) is 11.6. The number of benzene rings is 1. The Morgan fingerprint density at radius 3 is 2.68 bits per heavy atom. The summed E-state index contributed by atoms with van der Waals surface area (Å²) >= 11 is 0. The zero-order valence-electron chi connectivity index (χ0n) is 18.4. The van der Waals surface area contributed by atoms with Gasteiger partial charge in [0, 0.05) is 6.61 Å². The Hall–Kier alpha value is -1.96. The van der Waals surface area contributed by atoms with Crippen molar-refractivity contribution in [1.29, 1.82) is 0 Å². The molecule has 0 saturated carbocycles. The molecule has 172 valence electrons. The lowest BCUT2D eigenvalue weighted by atomic mass is 10.1. The van der Waals surface area contributed by atoms with Crippen LogP contribution in [0.3, 0.4) is 0 Å². The molecule has 0 aromatic heterocycles. The van der Waals surface area contributed by atoms with E-state index in [-0.39, 0.29) is 13.2 Å². The fourth-order valence-electron chi connectivity index (χ4n) is 2.73. The van der Waals surface area contributed by atoms with Crippen LogP contribution in [-0.2, 0) is 23.4 Å². The average molecular weight is 453 g/mol. The molecule has 1 aliphatic heterocycles. The number of aliphatic hydroxyl groups excluding tert-OH is 1. The van der Waals surface area contributed by atoms with E-state index in [1.54, 1.807) is 30.3 Å². The van der Waals surface area contributed by atoms with Gasteiger partial charge in [0.15, 0.2) is 0 Å². The highest BCUT2D eigenvalue weighted by Crippen LogP contribution is 2.46. The second-order valence-corrected chi connectivity index (χ2v) is 9.47. The largest absolute Gasteiger partial charge is 0.460 e.